The Morgan fingerprint density at radius 2 is 2.23 bits per heavy atom. The van der Waals surface area contributed by atoms with Gasteiger partial charge >= 0.3 is 5.97 Å². The van der Waals surface area contributed by atoms with Crippen LogP contribution in [0, 0.1) is 11.3 Å². The van der Waals surface area contributed by atoms with Crippen LogP contribution in [0.15, 0.2) is 45.2 Å². The number of hydrogen-bond acceptors (Lipinski definition) is 7. The Kier molecular flexibility index (Phi) is 5.19. The van der Waals surface area contributed by atoms with E-state index in [-0.39, 0.29) is 12.4 Å². The minimum atomic E-state index is -0.662. The fourth-order valence-corrected chi connectivity index (χ4v) is 4.26. The molecule has 3 rings (SSSR count). The van der Waals surface area contributed by atoms with Crippen molar-refractivity contribution in [2.45, 2.75) is 19.9 Å². The van der Waals surface area contributed by atoms with Gasteiger partial charge in [-0.3, -0.25) is 4.90 Å². The summed E-state index contributed by atoms with van der Waals surface area (Å²) in [6, 6.07) is 6.40. The lowest BCUT2D eigenvalue weighted by Gasteiger charge is -2.35. The molecule has 2 aliphatic rings. The third-order valence-electron chi connectivity index (χ3n) is 3.93. The topological polar surface area (TPSA) is 91.7 Å². The van der Waals surface area contributed by atoms with E-state index in [0.29, 0.717) is 37.0 Å². The number of aliphatic imine (C=N–C) groups is 1. The summed E-state index contributed by atoms with van der Waals surface area (Å²) < 4.78 is 5.21. The first kappa shape index (κ1) is 18.6. The highest BCUT2D eigenvalue weighted by Crippen LogP contribution is 2.47. The first-order valence-corrected chi connectivity index (χ1v) is 9.24. The second kappa shape index (κ2) is 7.23. The fraction of sp³-hybridized carbons (Fsp3) is 0.235. The van der Waals surface area contributed by atoms with E-state index in [9.17, 15) is 10.1 Å². The molecular weight excluding hydrogens is 395 g/mol. The molecule has 6 nitrogen and oxygen atoms in total. The molecule has 0 aliphatic carbocycles. The van der Waals surface area contributed by atoms with Crippen LogP contribution in [-0.4, -0.2) is 22.6 Å². The van der Waals surface area contributed by atoms with E-state index in [4.69, 9.17) is 33.7 Å². The number of amidine groups is 1. The van der Waals surface area contributed by atoms with E-state index in [1.807, 2.05) is 0 Å². The molecule has 0 saturated carbocycles. The number of esters is 1. The minimum absolute atomic E-state index is 0.219. The van der Waals surface area contributed by atoms with Gasteiger partial charge in [-0.15, -0.1) is 0 Å². The molecule has 134 valence electrons. The maximum absolute atomic E-state index is 12.6. The molecule has 0 amide bonds. The highest BCUT2D eigenvalue weighted by Gasteiger charge is 2.43. The molecule has 0 saturated heterocycles. The van der Waals surface area contributed by atoms with Gasteiger partial charge in [-0.1, -0.05) is 29.3 Å². The lowest BCUT2D eigenvalue weighted by atomic mass is 9.94. The lowest BCUT2D eigenvalue weighted by molar-refractivity contribution is -0.139. The predicted molar refractivity (Wildman–Crippen MR) is 102 cm³/mol. The van der Waals surface area contributed by atoms with E-state index < -0.39 is 12.0 Å². The zero-order valence-electron chi connectivity index (χ0n) is 13.9. The van der Waals surface area contributed by atoms with E-state index in [1.54, 1.807) is 36.9 Å². The molecule has 1 aromatic rings. The summed E-state index contributed by atoms with van der Waals surface area (Å²) in [6.45, 7) is 3.66. The number of nitrogens with zero attached hydrogens (tertiary/aromatic N) is 3. The summed E-state index contributed by atoms with van der Waals surface area (Å²) in [6.07, 6.45) is 0. The lowest BCUT2D eigenvalue weighted by Crippen LogP contribution is -2.38. The first-order valence-electron chi connectivity index (χ1n) is 7.67. The molecule has 2 N–H and O–H groups in total. The molecule has 0 bridgehead atoms. The largest absolute Gasteiger partial charge is 0.463 e. The van der Waals surface area contributed by atoms with Gasteiger partial charge in [-0.05, 0) is 43.3 Å². The number of nitriles is 1. The van der Waals surface area contributed by atoms with E-state index in [2.05, 4.69) is 11.1 Å². The summed E-state index contributed by atoms with van der Waals surface area (Å²) in [7, 11) is 0. The molecule has 0 aromatic heterocycles. The molecule has 0 radical (unpaired) electrons. The van der Waals surface area contributed by atoms with Gasteiger partial charge < -0.3 is 10.5 Å². The summed E-state index contributed by atoms with van der Waals surface area (Å²) >= 11 is 13.6. The van der Waals surface area contributed by atoms with Crippen molar-refractivity contribution in [3.63, 3.8) is 0 Å². The number of rotatable bonds is 3. The highest BCUT2D eigenvalue weighted by molar-refractivity contribution is 8.17. The third-order valence-corrected chi connectivity index (χ3v) is 5.47. The van der Waals surface area contributed by atoms with Crippen molar-refractivity contribution >= 4 is 46.1 Å². The van der Waals surface area contributed by atoms with Gasteiger partial charge in [0.25, 0.3) is 0 Å². The zero-order valence-corrected chi connectivity index (χ0v) is 16.2. The Balaban J connectivity index is 2.23. The van der Waals surface area contributed by atoms with Crippen molar-refractivity contribution in [2.24, 2.45) is 10.7 Å². The summed E-state index contributed by atoms with van der Waals surface area (Å²) in [5, 5.41) is 10.7. The molecule has 9 heteroatoms. The van der Waals surface area contributed by atoms with E-state index in [0.717, 1.165) is 11.8 Å². The quantitative estimate of drug-likeness (QED) is 0.761. The number of allylic oxidation sites excluding steroid dienone is 2. The number of fused-ring (bicyclic) bond motifs is 1. The second-order valence-corrected chi connectivity index (χ2v) is 7.30. The monoisotopic (exact) mass is 408 g/mol. The Bertz CT molecular complexity index is 933. The molecule has 0 spiro atoms. The standard InChI is InChI=1S/C17H14Cl2N4O2S/c1-3-25-16(24)13-8(2)22-17-23(15(21)12(7-20)26-17)14(13)10-5-4-9(18)6-11(10)19/h4-6,14H,3,21H2,1-2H3/t14-/m1/s1. The van der Waals surface area contributed by atoms with Crippen LogP contribution >= 0.6 is 35.0 Å². The number of thioether (sulfide) groups is 1. The number of carbonyl (C=O) groups excluding carboxylic acids is 1. The van der Waals surface area contributed by atoms with Crippen LogP contribution in [0.2, 0.25) is 10.0 Å². The van der Waals surface area contributed by atoms with E-state index >= 15 is 0 Å². The number of carbonyl (C=O) groups is 1. The Hall–Kier alpha value is -2.14. The van der Waals surface area contributed by atoms with Gasteiger partial charge in [0.2, 0.25) is 0 Å². The SMILES string of the molecule is CCOC(=O)C1=C(C)N=C2SC(C#N)=C(N)N2[C@@H]1c1ccc(Cl)cc1Cl. The maximum Gasteiger partial charge on any atom is 0.338 e. The zero-order chi connectivity index (χ0) is 19.0. The fourth-order valence-electron chi connectivity index (χ4n) is 2.83. The van der Waals surface area contributed by atoms with Crippen LogP contribution in [0.25, 0.3) is 0 Å². The molecule has 2 aliphatic heterocycles. The Morgan fingerprint density at radius 1 is 1.50 bits per heavy atom. The van der Waals surface area contributed by atoms with Gasteiger partial charge in [0.05, 0.1) is 23.9 Å². The van der Waals surface area contributed by atoms with Crippen molar-refractivity contribution in [3.8, 4) is 6.07 Å². The number of hydrogen-bond donors (Lipinski definition) is 1. The van der Waals surface area contributed by atoms with Crippen LogP contribution in [0.5, 0.6) is 0 Å². The van der Waals surface area contributed by atoms with Crippen LogP contribution in [0.4, 0.5) is 0 Å². The molecule has 2 heterocycles. The van der Waals surface area contributed by atoms with Crippen molar-refractivity contribution in [1.82, 2.24) is 4.90 Å². The van der Waals surface area contributed by atoms with Crippen molar-refractivity contribution < 1.29 is 9.53 Å². The van der Waals surface area contributed by atoms with Crippen LogP contribution < -0.4 is 5.73 Å². The van der Waals surface area contributed by atoms with Gasteiger partial charge in [0.15, 0.2) is 5.17 Å². The third kappa shape index (κ3) is 3.05. The second-order valence-electron chi connectivity index (χ2n) is 5.48. The van der Waals surface area contributed by atoms with Crippen LogP contribution in [0.1, 0.15) is 25.5 Å². The minimum Gasteiger partial charge on any atom is -0.463 e. The van der Waals surface area contributed by atoms with Crippen molar-refractivity contribution in [3.05, 3.63) is 55.8 Å². The first-order chi connectivity index (χ1) is 12.4. The molecule has 1 atom stereocenters. The molecular formula is C17H14Cl2N4O2S. The van der Waals surface area contributed by atoms with Crippen LogP contribution in [0.3, 0.4) is 0 Å². The number of nitrogens with two attached hydrogens (primary N) is 1. The van der Waals surface area contributed by atoms with Crippen molar-refractivity contribution in [1.29, 1.82) is 5.26 Å². The molecule has 0 unspecified atom stereocenters. The number of ether oxygens (including phenoxy) is 1. The molecule has 0 fully saturated rings. The normalized spacial score (nSPS) is 19.3. The Morgan fingerprint density at radius 3 is 2.85 bits per heavy atom. The van der Waals surface area contributed by atoms with Crippen LogP contribution in [-0.2, 0) is 9.53 Å². The van der Waals surface area contributed by atoms with Crippen molar-refractivity contribution in [2.75, 3.05) is 6.61 Å². The summed E-state index contributed by atoms with van der Waals surface area (Å²) in [5.74, 6) is -0.284. The number of halogens is 2. The average molecular weight is 409 g/mol. The average Bonchev–Trinajstić information content (AvgIpc) is 2.89. The van der Waals surface area contributed by atoms with E-state index in [1.165, 1.54) is 0 Å². The highest BCUT2D eigenvalue weighted by atomic mass is 35.5. The van der Waals surface area contributed by atoms with Gasteiger partial charge in [-0.25, -0.2) is 9.79 Å². The number of benzene rings is 1. The van der Waals surface area contributed by atoms with Gasteiger partial charge in [0, 0.05) is 10.0 Å². The summed E-state index contributed by atoms with van der Waals surface area (Å²) in [4.78, 5) is 19.0. The summed E-state index contributed by atoms with van der Waals surface area (Å²) in [5.41, 5.74) is 7.60. The molecule has 26 heavy (non-hydrogen) atoms. The molecule has 1 aromatic carbocycles. The predicted octanol–water partition coefficient (Wildman–Crippen LogP) is 3.94. The smallest absolute Gasteiger partial charge is 0.338 e. The van der Waals surface area contributed by atoms with Gasteiger partial charge in [-0.2, -0.15) is 5.26 Å². The maximum atomic E-state index is 12.6. The van der Waals surface area contributed by atoms with Gasteiger partial charge in [0.1, 0.15) is 16.8 Å². The Labute approximate surface area is 164 Å².